The van der Waals surface area contributed by atoms with Crippen molar-refractivity contribution in [2.75, 3.05) is 0 Å². The molecular weight excluding hydrogens is 311 g/mol. The summed E-state index contributed by atoms with van der Waals surface area (Å²) in [5.74, 6) is 0.624. The molecule has 1 N–H and O–H groups in total. The third-order valence-electron chi connectivity index (χ3n) is 3.94. The molecule has 1 aliphatic rings. The maximum absolute atomic E-state index is 12.1. The van der Waals surface area contributed by atoms with Gasteiger partial charge in [0, 0.05) is 0 Å². The molecule has 0 bridgehead atoms. The molecular formula is C15H16F3N3O2. The molecule has 0 atom stereocenters. The summed E-state index contributed by atoms with van der Waals surface area (Å²) >= 11 is 0. The fourth-order valence-corrected chi connectivity index (χ4v) is 2.87. The Morgan fingerprint density at radius 2 is 1.74 bits per heavy atom. The summed E-state index contributed by atoms with van der Waals surface area (Å²) in [6.45, 7) is 0. The molecule has 3 rings (SSSR count). The van der Waals surface area contributed by atoms with Crippen molar-refractivity contribution in [3.63, 3.8) is 0 Å². The van der Waals surface area contributed by atoms with Crippen LogP contribution < -0.4 is 9.47 Å². The number of alkyl halides is 3. The second-order valence-corrected chi connectivity index (χ2v) is 5.52. The standard InChI is InChI=1S/C15H16F3N3O2/c16-15(17,18)23-13-7-3-11(4-8-13)10-1-5-12(6-2-10)22-14-9-19-21-20-14/h3-4,7-10,12H,1-2,5-6H2,(H,19,20,21). The third-order valence-corrected chi connectivity index (χ3v) is 3.94. The molecule has 1 aromatic heterocycles. The van der Waals surface area contributed by atoms with Crippen molar-refractivity contribution in [1.29, 1.82) is 0 Å². The van der Waals surface area contributed by atoms with Crippen LogP contribution in [0.15, 0.2) is 30.5 Å². The minimum Gasteiger partial charge on any atom is -0.472 e. The lowest BCUT2D eigenvalue weighted by Crippen LogP contribution is -2.23. The van der Waals surface area contributed by atoms with Crippen LogP contribution in [0.25, 0.3) is 0 Å². The Bertz CT molecular complexity index is 606. The van der Waals surface area contributed by atoms with Crippen LogP contribution in [0.4, 0.5) is 13.2 Å². The first-order valence-corrected chi connectivity index (χ1v) is 7.38. The summed E-state index contributed by atoms with van der Waals surface area (Å²) < 4.78 is 46.0. The second-order valence-electron chi connectivity index (χ2n) is 5.52. The van der Waals surface area contributed by atoms with E-state index >= 15 is 0 Å². The van der Waals surface area contributed by atoms with E-state index in [9.17, 15) is 13.2 Å². The number of aromatic amines is 1. The quantitative estimate of drug-likeness (QED) is 0.928. The fourth-order valence-electron chi connectivity index (χ4n) is 2.87. The molecule has 5 nitrogen and oxygen atoms in total. The molecule has 0 saturated heterocycles. The Morgan fingerprint density at radius 3 is 2.30 bits per heavy atom. The Labute approximate surface area is 130 Å². The van der Waals surface area contributed by atoms with Gasteiger partial charge in [-0.05, 0) is 49.3 Å². The highest BCUT2D eigenvalue weighted by molar-refractivity contribution is 5.30. The number of H-pyrrole nitrogens is 1. The summed E-state index contributed by atoms with van der Waals surface area (Å²) in [6, 6.07) is 6.12. The maximum Gasteiger partial charge on any atom is 0.573 e. The monoisotopic (exact) mass is 327 g/mol. The van der Waals surface area contributed by atoms with Crippen LogP contribution in [-0.2, 0) is 0 Å². The van der Waals surface area contributed by atoms with E-state index in [0.29, 0.717) is 11.8 Å². The molecule has 23 heavy (non-hydrogen) atoms. The smallest absolute Gasteiger partial charge is 0.472 e. The van der Waals surface area contributed by atoms with E-state index in [1.54, 1.807) is 12.1 Å². The van der Waals surface area contributed by atoms with E-state index < -0.39 is 6.36 Å². The molecule has 8 heteroatoms. The van der Waals surface area contributed by atoms with E-state index in [-0.39, 0.29) is 11.9 Å². The molecule has 0 amide bonds. The van der Waals surface area contributed by atoms with Crippen molar-refractivity contribution in [3.8, 4) is 11.6 Å². The van der Waals surface area contributed by atoms with E-state index in [2.05, 4.69) is 20.1 Å². The molecule has 1 fully saturated rings. The van der Waals surface area contributed by atoms with Crippen molar-refractivity contribution in [3.05, 3.63) is 36.0 Å². The molecule has 1 aliphatic carbocycles. The van der Waals surface area contributed by atoms with Crippen LogP contribution >= 0.6 is 0 Å². The summed E-state index contributed by atoms with van der Waals surface area (Å²) in [5.41, 5.74) is 1.03. The molecule has 124 valence electrons. The third kappa shape index (κ3) is 4.37. The van der Waals surface area contributed by atoms with Gasteiger partial charge in [0.15, 0.2) is 0 Å². The largest absolute Gasteiger partial charge is 0.573 e. The van der Waals surface area contributed by atoms with Crippen LogP contribution in [0.5, 0.6) is 11.6 Å². The summed E-state index contributed by atoms with van der Waals surface area (Å²) in [5, 5.41) is 10.1. The zero-order chi connectivity index (χ0) is 16.3. The zero-order valence-corrected chi connectivity index (χ0v) is 12.2. The average Bonchev–Trinajstić information content (AvgIpc) is 3.00. The molecule has 2 aromatic rings. The molecule has 0 spiro atoms. The predicted molar refractivity (Wildman–Crippen MR) is 75.1 cm³/mol. The number of ether oxygens (including phenoxy) is 2. The molecule has 1 aromatic carbocycles. The molecule has 1 saturated carbocycles. The van der Waals surface area contributed by atoms with Gasteiger partial charge in [0.2, 0.25) is 0 Å². The number of nitrogens with one attached hydrogen (secondary N) is 1. The van der Waals surface area contributed by atoms with Crippen molar-refractivity contribution < 1.29 is 22.6 Å². The average molecular weight is 327 g/mol. The lowest BCUT2D eigenvalue weighted by atomic mass is 9.83. The highest BCUT2D eigenvalue weighted by Gasteiger charge is 2.31. The fraction of sp³-hybridized carbons (Fsp3) is 0.467. The Kier molecular flexibility index (Phi) is 4.40. The maximum atomic E-state index is 12.1. The first-order valence-electron chi connectivity index (χ1n) is 7.38. The first-order chi connectivity index (χ1) is 11.0. The second kappa shape index (κ2) is 6.47. The van der Waals surface area contributed by atoms with Crippen molar-refractivity contribution in [1.82, 2.24) is 15.4 Å². The van der Waals surface area contributed by atoms with Crippen LogP contribution in [0.3, 0.4) is 0 Å². The van der Waals surface area contributed by atoms with E-state index in [4.69, 9.17) is 4.74 Å². The van der Waals surface area contributed by atoms with Crippen LogP contribution in [0, 0.1) is 0 Å². The van der Waals surface area contributed by atoms with Crippen LogP contribution in [0.2, 0.25) is 0 Å². The van der Waals surface area contributed by atoms with Crippen LogP contribution in [0.1, 0.15) is 37.2 Å². The number of hydrogen-bond acceptors (Lipinski definition) is 4. The number of halogens is 3. The summed E-state index contributed by atoms with van der Waals surface area (Å²) in [4.78, 5) is 0. The van der Waals surface area contributed by atoms with Gasteiger partial charge >= 0.3 is 6.36 Å². The van der Waals surface area contributed by atoms with E-state index in [0.717, 1.165) is 31.2 Å². The topological polar surface area (TPSA) is 60.0 Å². The van der Waals surface area contributed by atoms with Gasteiger partial charge < -0.3 is 9.47 Å². The van der Waals surface area contributed by atoms with Crippen molar-refractivity contribution >= 4 is 0 Å². The summed E-state index contributed by atoms with van der Waals surface area (Å²) in [7, 11) is 0. The van der Waals surface area contributed by atoms with Crippen LogP contribution in [-0.4, -0.2) is 27.9 Å². The molecule has 0 aliphatic heterocycles. The first kappa shape index (κ1) is 15.6. The Balaban J connectivity index is 1.53. The molecule has 1 heterocycles. The number of nitrogens with zero attached hydrogens (tertiary/aromatic N) is 2. The normalized spacial score (nSPS) is 21.9. The van der Waals surface area contributed by atoms with Gasteiger partial charge in [0.25, 0.3) is 5.88 Å². The van der Waals surface area contributed by atoms with E-state index in [1.807, 2.05) is 0 Å². The Hall–Kier alpha value is -2.25. The SMILES string of the molecule is FC(F)(F)Oc1ccc(C2CCC(Oc3cn[nH]n3)CC2)cc1. The number of rotatable bonds is 4. The van der Waals surface area contributed by atoms with Gasteiger partial charge in [0.05, 0.1) is 0 Å². The minimum atomic E-state index is -4.65. The van der Waals surface area contributed by atoms with Gasteiger partial charge in [-0.1, -0.05) is 12.1 Å². The van der Waals surface area contributed by atoms with Crippen molar-refractivity contribution in [2.24, 2.45) is 0 Å². The predicted octanol–water partition coefficient (Wildman–Crippen LogP) is 3.81. The van der Waals surface area contributed by atoms with Gasteiger partial charge in [-0.25, -0.2) is 0 Å². The number of hydrogen-bond donors (Lipinski definition) is 1. The van der Waals surface area contributed by atoms with Gasteiger partial charge in [-0.2, -0.15) is 10.3 Å². The van der Waals surface area contributed by atoms with Gasteiger partial charge in [-0.15, -0.1) is 18.3 Å². The lowest BCUT2D eigenvalue weighted by molar-refractivity contribution is -0.274. The highest BCUT2D eigenvalue weighted by Crippen LogP contribution is 2.35. The summed E-state index contributed by atoms with van der Waals surface area (Å²) in [6.07, 6.45) is 0.564. The Morgan fingerprint density at radius 1 is 1.04 bits per heavy atom. The highest BCUT2D eigenvalue weighted by atomic mass is 19.4. The minimum absolute atomic E-state index is 0.101. The zero-order valence-electron chi connectivity index (χ0n) is 12.2. The number of benzene rings is 1. The molecule has 0 radical (unpaired) electrons. The molecule has 0 unspecified atom stereocenters. The number of aromatic nitrogens is 3. The van der Waals surface area contributed by atoms with E-state index in [1.165, 1.54) is 18.3 Å². The van der Waals surface area contributed by atoms with Crippen molar-refractivity contribution in [2.45, 2.75) is 44.1 Å². The van der Waals surface area contributed by atoms with Gasteiger partial charge in [-0.3, -0.25) is 0 Å². The van der Waals surface area contributed by atoms with Gasteiger partial charge in [0.1, 0.15) is 18.1 Å². The lowest BCUT2D eigenvalue weighted by Gasteiger charge is -2.28.